The molecule has 4 nitrogen and oxygen atoms in total. The predicted molar refractivity (Wildman–Crippen MR) is 283 cm³/mol. The standard InChI is InChI=1S/C64H42N4/c1-4-18-43(19-5-1)51-34-32-49(67-61-28-14-10-24-53(61)54-25-11-15-29-62(54)67)39-57(51)46-37-59(45-22-8-3-9-23-45)66-60(38-46)48-36-47(41-65-42-48)58-40-50(33-35-52(58)44-20-6-2-7-21-44)68-63-30-16-12-26-55(63)56-27-13-17-31-64(56)68/h1-42H. The third-order valence-corrected chi connectivity index (χ3v) is 13.4. The highest BCUT2D eigenvalue weighted by molar-refractivity contribution is 6.10. The molecule has 4 heteroatoms. The average Bonchev–Trinajstić information content (AvgIpc) is 3.94. The second kappa shape index (κ2) is 16.4. The van der Waals surface area contributed by atoms with Gasteiger partial charge >= 0.3 is 0 Å². The summed E-state index contributed by atoms with van der Waals surface area (Å²) in [6.45, 7) is 0. The lowest BCUT2D eigenvalue weighted by Gasteiger charge is -2.17. The third kappa shape index (κ3) is 6.69. The smallest absolute Gasteiger partial charge is 0.0731 e. The molecular formula is C64H42N4. The van der Waals surface area contributed by atoms with Crippen molar-refractivity contribution in [3.05, 3.63) is 255 Å². The molecule has 9 aromatic carbocycles. The highest BCUT2D eigenvalue weighted by Crippen LogP contribution is 2.42. The van der Waals surface area contributed by atoms with Gasteiger partial charge in [-0.1, -0.05) is 176 Å². The van der Waals surface area contributed by atoms with Crippen molar-refractivity contribution >= 4 is 43.6 Å². The first-order chi connectivity index (χ1) is 33.7. The van der Waals surface area contributed by atoms with Crippen molar-refractivity contribution in [1.82, 2.24) is 19.1 Å². The Hall–Kier alpha value is -9.12. The van der Waals surface area contributed by atoms with E-state index in [9.17, 15) is 0 Å². The van der Waals surface area contributed by atoms with Gasteiger partial charge in [0, 0.05) is 62.0 Å². The van der Waals surface area contributed by atoms with Crippen molar-refractivity contribution in [2.75, 3.05) is 0 Å². The van der Waals surface area contributed by atoms with Gasteiger partial charge in [0.15, 0.2) is 0 Å². The van der Waals surface area contributed by atoms with Gasteiger partial charge in [-0.15, -0.1) is 0 Å². The van der Waals surface area contributed by atoms with E-state index in [-0.39, 0.29) is 0 Å². The first-order valence-corrected chi connectivity index (χ1v) is 23.1. The molecule has 0 fully saturated rings. The number of aromatic nitrogens is 4. The van der Waals surface area contributed by atoms with Crippen LogP contribution in [0.4, 0.5) is 0 Å². The number of benzene rings is 9. The van der Waals surface area contributed by atoms with E-state index < -0.39 is 0 Å². The number of hydrogen-bond acceptors (Lipinski definition) is 2. The molecule has 0 amide bonds. The molecule has 0 unspecified atom stereocenters. The Labute approximate surface area is 394 Å². The number of rotatable bonds is 8. The highest BCUT2D eigenvalue weighted by atomic mass is 15.0. The number of pyridine rings is 2. The fourth-order valence-corrected chi connectivity index (χ4v) is 10.3. The lowest BCUT2D eigenvalue weighted by molar-refractivity contribution is 1.18. The summed E-state index contributed by atoms with van der Waals surface area (Å²) < 4.78 is 4.78. The highest BCUT2D eigenvalue weighted by Gasteiger charge is 2.19. The molecule has 0 saturated heterocycles. The zero-order valence-electron chi connectivity index (χ0n) is 37.0. The van der Waals surface area contributed by atoms with Crippen LogP contribution in [0, 0.1) is 0 Å². The van der Waals surface area contributed by atoms with Crippen molar-refractivity contribution in [2.45, 2.75) is 0 Å². The molecule has 13 aromatic rings. The van der Waals surface area contributed by atoms with Crippen LogP contribution >= 0.6 is 0 Å². The van der Waals surface area contributed by atoms with Gasteiger partial charge in [0.1, 0.15) is 0 Å². The van der Waals surface area contributed by atoms with Crippen LogP contribution in [0.2, 0.25) is 0 Å². The second-order valence-electron chi connectivity index (χ2n) is 17.4. The number of nitrogens with zero attached hydrogens (tertiary/aromatic N) is 4. The van der Waals surface area contributed by atoms with Crippen molar-refractivity contribution in [3.8, 4) is 78.4 Å². The average molecular weight is 867 g/mol. The first kappa shape index (κ1) is 39.3. The molecule has 4 heterocycles. The molecule has 0 aliphatic rings. The molecule has 4 aromatic heterocycles. The molecule has 13 rings (SSSR count). The van der Waals surface area contributed by atoms with Gasteiger partial charge < -0.3 is 9.13 Å². The summed E-state index contributed by atoms with van der Waals surface area (Å²) in [4.78, 5) is 10.4. The molecular weight excluding hydrogens is 825 g/mol. The molecule has 68 heavy (non-hydrogen) atoms. The maximum Gasteiger partial charge on any atom is 0.0731 e. The topological polar surface area (TPSA) is 35.6 Å². The summed E-state index contributed by atoms with van der Waals surface area (Å²) in [5.41, 5.74) is 19.4. The Morgan fingerprint density at radius 3 is 1.07 bits per heavy atom. The van der Waals surface area contributed by atoms with Crippen LogP contribution < -0.4 is 0 Å². The monoisotopic (exact) mass is 866 g/mol. The normalized spacial score (nSPS) is 11.5. The Morgan fingerprint density at radius 1 is 0.250 bits per heavy atom. The largest absolute Gasteiger partial charge is 0.309 e. The zero-order chi connectivity index (χ0) is 45.0. The molecule has 0 radical (unpaired) electrons. The van der Waals surface area contributed by atoms with E-state index in [1.54, 1.807) is 0 Å². The van der Waals surface area contributed by atoms with Crippen molar-refractivity contribution in [3.63, 3.8) is 0 Å². The summed E-state index contributed by atoms with van der Waals surface area (Å²) in [7, 11) is 0. The fourth-order valence-electron chi connectivity index (χ4n) is 10.3. The minimum Gasteiger partial charge on any atom is -0.309 e. The van der Waals surface area contributed by atoms with Gasteiger partial charge in [-0.05, 0) is 106 Å². The van der Waals surface area contributed by atoms with E-state index in [2.05, 4.69) is 252 Å². The zero-order valence-corrected chi connectivity index (χ0v) is 37.0. The van der Waals surface area contributed by atoms with Crippen LogP contribution in [0.25, 0.3) is 122 Å². The van der Waals surface area contributed by atoms with Gasteiger partial charge in [-0.2, -0.15) is 0 Å². The summed E-state index contributed by atoms with van der Waals surface area (Å²) in [5, 5.41) is 4.93. The molecule has 0 N–H and O–H groups in total. The van der Waals surface area contributed by atoms with Gasteiger partial charge in [-0.25, -0.2) is 4.98 Å². The lowest BCUT2D eigenvalue weighted by atomic mass is 9.91. The van der Waals surface area contributed by atoms with Crippen LogP contribution in [0.5, 0.6) is 0 Å². The minimum atomic E-state index is 0.844. The van der Waals surface area contributed by atoms with E-state index >= 15 is 0 Å². The summed E-state index contributed by atoms with van der Waals surface area (Å²) in [6, 6.07) is 87.1. The number of hydrogen-bond donors (Lipinski definition) is 0. The van der Waals surface area contributed by atoms with Gasteiger partial charge in [0.05, 0.1) is 33.5 Å². The van der Waals surface area contributed by atoms with Crippen LogP contribution in [0.1, 0.15) is 0 Å². The molecule has 0 saturated carbocycles. The minimum absolute atomic E-state index is 0.844. The summed E-state index contributed by atoms with van der Waals surface area (Å²) in [5.74, 6) is 0. The van der Waals surface area contributed by atoms with Gasteiger partial charge in [-0.3, -0.25) is 4.98 Å². The van der Waals surface area contributed by atoms with E-state index in [0.717, 1.165) is 78.4 Å². The first-order valence-electron chi connectivity index (χ1n) is 23.1. The predicted octanol–water partition coefficient (Wildman–Crippen LogP) is 16.7. The quantitative estimate of drug-likeness (QED) is 0.153. The Bertz CT molecular complexity index is 3910. The second-order valence-corrected chi connectivity index (χ2v) is 17.4. The number of para-hydroxylation sites is 4. The third-order valence-electron chi connectivity index (χ3n) is 13.4. The van der Waals surface area contributed by atoms with Crippen LogP contribution in [0.15, 0.2) is 255 Å². The van der Waals surface area contributed by atoms with Gasteiger partial charge in [0.25, 0.3) is 0 Å². The van der Waals surface area contributed by atoms with E-state index in [4.69, 9.17) is 9.97 Å². The van der Waals surface area contributed by atoms with E-state index in [1.807, 2.05) is 12.4 Å². The molecule has 0 atom stereocenters. The van der Waals surface area contributed by atoms with Crippen molar-refractivity contribution in [2.24, 2.45) is 0 Å². The van der Waals surface area contributed by atoms with E-state index in [0.29, 0.717) is 0 Å². The molecule has 318 valence electrons. The maximum absolute atomic E-state index is 5.45. The van der Waals surface area contributed by atoms with Crippen LogP contribution in [0.3, 0.4) is 0 Å². The Morgan fingerprint density at radius 2 is 0.618 bits per heavy atom. The van der Waals surface area contributed by atoms with Gasteiger partial charge in [0.2, 0.25) is 0 Å². The van der Waals surface area contributed by atoms with Crippen molar-refractivity contribution in [1.29, 1.82) is 0 Å². The van der Waals surface area contributed by atoms with Crippen molar-refractivity contribution < 1.29 is 0 Å². The Balaban J connectivity index is 1.02. The van der Waals surface area contributed by atoms with Crippen LogP contribution in [-0.2, 0) is 0 Å². The van der Waals surface area contributed by atoms with E-state index in [1.165, 1.54) is 43.6 Å². The molecule has 0 bridgehead atoms. The summed E-state index contributed by atoms with van der Waals surface area (Å²) in [6.07, 6.45) is 3.95. The maximum atomic E-state index is 5.45. The SMILES string of the molecule is c1ccc(-c2cc(-c3cc(-n4c5ccccc5c5ccccc54)ccc3-c3ccccc3)cc(-c3cncc(-c4cc(-n5c6ccccc6c6ccccc65)ccc4-c4ccccc4)c3)n2)cc1. The number of fused-ring (bicyclic) bond motifs is 6. The van der Waals surface area contributed by atoms with Crippen LogP contribution in [-0.4, -0.2) is 19.1 Å². The molecule has 0 spiro atoms. The fraction of sp³-hybridized carbons (Fsp3) is 0. The molecule has 0 aliphatic carbocycles. The summed E-state index contributed by atoms with van der Waals surface area (Å²) >= 11 is 0. The molecule has 0 aliphatic heterocycles. The lowest BCUT2D eigenvalue weighted by Crippen LogP contribution is -1.98. The Kier molecular flexibility index (Phi) is 9.47.